The number of rotatable bonds is 7. The lowest BCUT2D eigenvalue weighted by atomic mass is 10.1. The van der Waals surface area contributed by atoms with Gasteiger partial charge in [0.15, 0.2) is 11.5 Å². The van der Waals surface area contributed by atoms with Crippen LogP contribution in [0.1, 0.15) is 20.3 Å². The lowest BCUT2D eigenvalue weighted by molar-refractivity contribution is -0.123. The number of ether oxygens (including phenoxy) is 3. The van der Waals surface area contributed by atoms with Gasteiger partial charge in [-0.15, -0.1) is 0 Å². The first-order valence-electron chi connectivity index (χ1n) is 12.2. The summed E-state index contributed by atoms with van der Waals surface area (Å²) in [5.41, 5.74) is 0. The number of nitrogens with zero attached hydrogens (tertiary/aromatic N) is 6. The third kappa shape index (κ3) is 5.74. The maximum atomic E-state index is 12.9. The lowest BCUT2D eigenvalue weighted by Crippen LogP contribution is -2.57. The van der Waals surface area contributed by atoms with Gasteiger partial charge in [-0.3, -0.25) is 9.36 Å². The molecule has 5 rings (SSSR count). The van der Waals surface area contributed by atoms with Crippen LogP contribution in [0.15, 0.2) is 55.2 Å². The van der Waals surface area contributed by atoms with Crippen molar-refractivity contribution < 1.29 is 23.8 Å². The maximum Gasteiger partial charge on any atom is 0.410 e. The Hall–Kier alpha value is -4.35. The van der Waals surface area contributed by atoms with E-state index in [0.29, 0.717) is 42.9 Å². The van der Waals surface area contributed by atoms with Crippen LogP contribution in [0.2, 0.25) is 0 Å². The number of imidazole rings is 1. The topological polar surface area (TPSA) is 124 Å². The minimum atomic E-state index is -0.603. The molecule has 1 atom stereocenters. The van der Waals surface area contributed by atoms with Crippen LogP contribution in [0.4, 0.5) is 10.6 Å². The molecule has 0 bridgehead atoms. The number of hydrogen-bond donors (Lipinski definition) is 1. The molecule has 4 heterocycles. The fraction of sp³-hybridized carbons (Fsp3) is 0.400. The number of piperazine rings is 1. The van der Waals surface area contributed by atoms with Crippen molar-refractivity contribution in [3.05, 3.63) is 55.2 Å². The smallest absolute Gasteiger partial charge is 0.410 e. The molecule has 0 aliphatic carbocycles. The Kier molecular flexibility index (Phi) is 7.06. The van der Waals surface area contributed by atoms with Crippen molar-refractivity contribution in [3.8, 4) is 17.4 Å². The van der Waals surface area contributed by atoms with Crippen LogP contribution in [0, 0.1) is 0 Å². The average molecular weight is 508 g/mol. The van der Waals surface area contributed by atoms with Crippen molar-refractivity contribution in [1.29, 1.82) is 0 Å². The van der Waals surface area contributed by atoms with E-state index in [1.54, 1.807) is 48.2 Å². The Balaban J connectivity index is 1.25. The number of nitrogens with one attached hydrogen (secondary N) is 1. The summed E-state index contributed by atoms with van der Waals surface area (Å²) in [6.45, 7) is 5.11. The second-order valence-corrected chi connectivity index (χ2v) is 9.03. The fourth-order valence-corrected chi connectivity index (χ4v) is 4.28. The van der Waals surface area contributed by atoms with Crippen LogP contribution in [-0.4, -0.2) is 81.0 Å². The Morgan fingerprint density at radius 3 is 2.62 bits per heavy atom. The van der Waals surface area contributed by atoms with Crippen LogP contribution < -0.4 is 19.7 Å². The highest BCUT2D eigenvalue weighted by Crippen LogP contribution is 2.33. The number of para-hydroxylation sites is 2. The zero-order valence-electron chi connectivity index (χ0n) is 20.7. The fourth-order valence-electron chi connectivity index (χ4n) is 4.28. The van der Waals surface area contributed by atoms with Gasteiger partial charge in [0.25, 0.3) is 6.29 Å². The van der Waals surface area contributed by atoms with E-state index in [-0.39, 0.29) is 25.0 Å². The molecular formula is C25H29N7O5. The molecule has 2 aromatic heterocycles. The van der Waals surface area contributed by atoms with Gasteiger partial charge in [-0.25, -0.2) is 14.8 Å². The summed E-state index contributed by atoms with van der Waals surface area (Å²) in [6, 6.07) is 8.74. The first kappa shape index (κ1) is 24.3. The molecule has 0 radical (unpaired) electrons. The summed E-state index contributed by atoms with van der Waals surface area (Å²) in [5.74, 6) is 2.26. The Morgan fingerprint density at radius 2 is 1.92 bits per heavy atom. The quantitative estimate of drug-likeness (QED) is 0.511. The molecule has 1 N–H and O–H groups in total. The standard InChI is InChI=1S/C25H29N7O5/c1-17(2)35-25(34)32-12-11-30(21-7-8-27-24(29-21)31-10-9-26-16-31)15-18(32)13-22(33)28-14-23-36-19-5-3-4-6-20(19)37-23/h3-10,16-18,23H,11-15H2,1-2H3,(H,28,33). The van der Waals surface area contributed by atoms with E-state index in [4.69, 9.17) is 14.2 Å². The van der Waals surface area contributed by atoms with Crippen molar-refractivity contribution in [2.24, 2.45) is 0 Å². The number of carbonyl (C=O) groups is 2. The lowest BCUT2D eigenvalue weighted by Gasteiger charge is -2.41. The van der Waals surface area contributed by atoms with Gasteiger partial charge < -0.3 is 29.3 Å². The summed E-state index contributed by atoms with van der Waals surface area (Å²) < 4.78 is 18.6. The molecule has 1 saturated heterocycles. The molecule has 37 heavy (non-hydrogen) atoms. The Labute approximate surface area is 214 Å². The van der Waals surface area contributed by atoms with E-state index in [1.807, 2.05) is 35.2 Å². The molecule has 0 saturated carbocycles. The van der Waals surface area contributed by atoms with Gasteiger partial charge in [0, 0.05) is 44.6 Å². The van der Waals surface area contributed by atoms with Crippen LogP contribution >= 0.6 is 0 Å². The summed E-state index contributed by atoms with van der Waals surface area (Å²) in [6.07, 6.45) is 5.51. The number of benzene rings is 1. The van der Waals surface area contributed by atoms with E-state index < -0.39 is 18.4 Å². The molecule has 2 aliphatic rings. The van der Waals surface area contributed by atoms with Crippen molar-refractivity contribution in [3.63, 3.8) is 0 Å². The molecular weight excluding hydrogens is 478 g/mol. The van der Waals surface area contributed by atoms with Gasteiger partial charge in [0.1, 0.15) is 12.1 Å². The van der Waals surface area contributed by atoms with E-state index in [9.17, 15) is 9.59 Å². The molecule has 12 heteroatoms. The first-order chi connectivity index (χ1) is 18.0. The SMILES string of the molecule is CC(C)OC(=O)N1CCN(c2ccnc(-n3ccnc3)n2)CC1CC(=O)NCC1Oc2ccccc2O1. The third-order valence-electron chi connectivity index (χ3n) is 5.99. The second kappa shape index (κ2) is 10.7. The molecule has 1 fully saturated rings. The van der Waals surface area contributed by atoms with E-state index >= 15 is 0 Å². The number of aromatic nitrogens is 4. The normalized spacial score (nSPS) is 17.2. The molecule has 2 aliphatic heterocycles. The minimum Gasteiger partial charge on any atom is -0.449 e. The molecule has 1 aromatic carbocycles. The third-order valence-corrected chi connectivity index (χ3v) is 5.99. The van der Waals surface area contributed by atoms with Crippen LogP contribution in [-0.2, 0) is 9.53 Å². The van der Waals surface area contributed by atoms with E-state index in [1.165, 1.54) is 0 Å². The molecule has 2 amide bonds. The predicted molar refractivity (Wildman–Crippen MR) is 133 cm³/mol. The zero-order chi connectivity index (χ0) is 25.8. The van der Waals surface area contributed by atoms with Gasteiger partial charge in [-0.2, -0.15) is 4.98 Å². The predicted octanol–water partition coefficient (Wildman–Crippen LogP) is 2.00. The average Bonchev–Trinajstić information content (AvgIpc) is 3.57. The van der Waals surface area contributed by atoms with E-state index in [2.05, 4.69) is 20.3 Å². The van der Waals surface area contributed by atoms with Gasteiger partial charge >= 0.3 is 6.09 Å². The molecule has 3 aromatic rings. The van der Waals surface area contributed by atoms with Crippen LogP contribution in [0.5, 0.6) is 11.5 Å². The summed E-state index contributed by atoms with van der Waals surface area (Å²) in [5, 5.41) is 2.87. The molecule has 12 nitrogen and oxygen atoms in total. The van der Waals surface area contributed by atoms with Gasteiger partial charge in [0.2, 0.25) is 11.9 Å². The van der Waals surface area contributed by atoms with Crippen molar-refractivity contribution in [2.75, 3.05) is 31.1 Å². The minimum absolute atomic E-state index is 0.0861. The van der Waals surface area contributed by atoms with Gasteiger partial charge in [-0.1, -0.05) is 12.1 Å². The van der Waals surface area contributed by atoms with Crippen molar-refractivity contribution >= 4 is 17.8 Å². The highest BCUT2D eigenvalue weighted by Gasteiger charge is 2.34. The number of fused-ring (bicyclic) bond motifs is 1. The number of carbonyl (C=O) groups excluding carboxylic acids is 2. The van der Waals surface area contributed by atoms with Crippen LogP contribution in [0.3, 0.4) is 0 Å². The highest BCUT2D eigenvalue weighted by atomic mass is 16.7. The van der Waals surface area contributed by atoms with Gasteiger partial charge in [0.05, 0.1) is 18.7 Å². The van der Waals surface area contributed by atoms with Gasteiger partial charge in [-0.05, 0) is 32.0 Å². The van der Waals surface area contributed by atoms with Crippen molar-refractivity contribution in [1.82, 2.24) is 29.7 Å². The summed E-state index contributed by atoms with van der Waals surface area (Å²) in [7, 11) is 0. The Bertz CT molecular complexity index is 1210. The largest absolute Gasteiger partial charge is 0.449 e. The summed E-state index contributed by atoms with van der Waals surface area (Å²) in [4.78, 5) is 42.4. The maximum absolute atomic E-state index is 12.9. The monoisotopic (exact) mass is 507 g/mol. The second-order valence-electron chi connectivity index (χ2n) is 9.03. The molecule has 0 spiro atoms. The van der Waals surface area contributed by atoms with Crippen LogP contribution in [0.25, 0.3) is 5.95 Å². The molecule has 1 unspecified atom stereocenters. The Morgan fingerprint density at radius 1 is 1.14 bits per heavy atom. The number of anilines is 1. The summed E-state index contributed by atoms with van der Waals surface area (Å²) >= 11 is 0. The number of hydrogen-bond acceptors (Lipinski definition) is 9. The highest BCUT2D eigenvalue weighted by molar-refractivity contribution is 5.78. The molecule has 194 valence electrons. The zero-order valence-corrected chi connectivity index (χ0v) is 20.7. The first-order valence-corrected chi connectivity index (χ1v) is 12.2. The van der Waals surface area contributed by atoms with Crippen molar-refractivity contribution in [2.45, 2.75) is 38.7 Å². The van der Waals surface area contributed by atoms with E-state index in [0.717, 1.165) is 0 Å². The number of amides is 2.